The largest absolute Gasteiger partial charge is 0.497 e. The Balaban J connectivity index is 1.52. The highest BCUT2D eigenvalue weighted by Crippen LogP contribution is 2.33. The van der Waals surface area contributed by atoms with Crippen LogP contribution in [0, 0.1) is 0 Å². The van der Waals surface area contributed by atoms with Gasteiger partial charge >= 0.3 is 0 Å². The number of hydrogen-bond acceptors (Lipinski definition) is 7. The summed E-state index contributed by atoms with van der Waals surface area (Å²) in [4.78, 5) is 23.0. The van der Waals surface area contributed by atoms with Gasteiger partial charge in [0.25, 0.3) is 5.91 Å². The van der Waals surface area contributed by atoms with Crippen molar-refractivity contribution in [2.45, 2.75) is 12.5 Å². The molecule has 30 heavy (non-hydrogen) atoms. The molecule has 1 aliphatic heterocycles. The molecule has 4 rings (SSSR count). The maximum Gasteiger partial charge on any atom is 0.272 e. The number of carbonyl (C=O) groups is 1. The van der Waals surface area contributed by atoms with Crippen LogP contribution < -0.4 is 14.2 Å². The summed E-state index contributed by atoms with van der Waals surface area (Å²) in [5.41, 5.74) is 1.90. The van der Waals surface area contributed by atoms with Crippen molar-refractivity contribution in [3.05, 3.63) is 48.5 Å². The monoisotopic (exact) mass is 409 g/mol. The number of aryl methyl sites for hydroxylation is 1. The van der Waals surface area contributed by atoms with Gasteiger partial charge in [-0.3, -0.25) is 14.5 Å². The molecule has 1 aliphatic rings. The van der Waals surface area contributed by atoms with E-state index in [0.29, 0.717) is 41.9 Å². The van der Waals surface area contributed by atoms with Crippen molar-refractivity contribution < 1.29 is 19.0 Å². The van der Waals surface area contributed by atoms with E-state index in [1.54, 1.807) is 55.5 Å². The highest BCUT2D eigenvalue weighted by molar-refractivity contribution is 5.94. The number of ether oxygens (including phenoxy) is 3. The molecule has 9 nitrogen and oxygen atoms in total. The first-order valence-corrected chi connectivity index (χ1v) is 9.57. The average molecular weight is 409 g/mol. The van der Waals surface area contributed by atoms with E-state index in [0.717, 1.165) is 12.0 Å². The Morgan fingerprint density at radius 2 is 2.03 bits per heavy atom. The fourth-order valence-electron chi connectivity index (χ4n) is 3.50. The molecule has 0 saturated carbocycles. The normalized spacial score (nSPS) is 15.8. The summed E-state index contributed by atoms with van der Waals surface area (Å²) in [6.45, 7) is 1.09. The molecule has 156 valence electrons. The molecule has 1 saturated heterocycles. The van der Waals surface area contributed by atoms with Gasteiger partial charge in [0.05, 0.1) is 32.7 Å². The van der Waals surface area contributed by atoms with E-state index >= 15 is 0 Å². The van der Waals surface area contributed by atoms with E-state index in [2.05, 4.69) is 15.1 Å². The third kappa shape index (κ3) is 3.91. The van der Waals surface area contributed by atoms with Crippen molar-refractivity contribution in [1.29, 1.82) is 0 Å². The fraction of sp³-hybridized carbons (Fsp3) is 0.333. The summed E-state index contributed by atoms with van der Waals surface area (Å²) in [6, 6.07) is 7.25. The van der Waals surface area contributed by atoms with Crippen molar-refractivity contribution in [2.75, 3.05) is 27.3 Å². The first kappa shape index (κ1) is 19.7. The maximum absolute atomic E-state index is 13.1. The molecule has 0 spiro atoms. The van der Waals surface area contributed by atoms with E-state index in [-0.39, 0.29) is 12.0 Å². The molecule has 0 radical (unpaired) electrons. The van der Waals surface area contributed by atoms with Gasteiger partial charge in [-0.05, 0) is 24.3 Å². The van der Waals surface area contributed by atoms with Crippen LogP contribution in [-0.2, 0) is 7.05 Å². The lowest BCUT2D eigenvalue weighted by molar-refractivity contribution is 0.0760. The first-order valence-electron chi connectivity index (χ1n) is 9.57. The standard InChI is InChI=1S/C21H23N5O4/c1-25-18(11-17(24-25)16-10-14(28-2)4-5-19(16)29-3)21(27)26-9-6-15(13-26)30-20-12-22-7-8-23-20/h4-5,7-8,10-12,15H,6,9,13H2,1-3H3. The minimum atomic E-state index is -0.114. The number of methoxy groups -OCH3 is 2. The number of nitrogens with zero attached hydrogens (tertiary/aromatic N) is 5. The summed E-state index contributed by atoms with van der Waals surface area (Å²) in [7, 11) is 4.96. The Labute approximate surface area is 174 Å². The second-order valence-corrected chi connectivity index (χ2v) is 6.93. The molecule has 0 N–H and O–H groups in total. The molecule has 1 aromatic carbocycles. The third-order valence-corrected chi connectivity index (χ3v) is 5.04. The lowest BCUT2D eigenvalue weighted by Crippen LogP contribution is -2.32. The highest BCUT2D eigenvalue weighted by atomic mass is 16.5. The van der Waals surface area contributed by atoms with Gasteiger partial charge in [0.1, 0.15) is 23.3 Å². The number of hydrogen-bond donors (Lipinski definition) is 0. The van der Waals surface area contributed by atoms with E-state index < -0.39 is 0 Å². The number of aromatic nitrogens is 4. The Bertz CT molecular complexity index is 1040. The molecule has 1 unspecified atom stereocenters. The molecule has 1 amide bonds. The van der Waals surface area contributed by atoms with Crippen molar-refractivity contribution in [3.63, 3.8) is 0 Å². The summed E-state index contributed by atoms with van der Waals surface area (Å²) < 4.78 is 18.2. The van der Waals surface area contributed by atoms with E-state index in [9.17, 15) is 4.79 Å². The Morgan fingerprint density at radius 1 is 1.17 bits per heavy atom. The number of benzene rings is 1. The third-order valence-electron chi connectivity index (χ3n) is 5.04. The van der Waals surface area contributed by atoms with E-state index in [1.165, 1.54) is 0 Å². The van der Waals surface area contributed by atoms with Crippen LogP contribution in [0.1, 0.15) is 16.9 Å². The quantitative estimate of drug-likeness (QED) is 0.616. The van der Waals surface area contributed by atoms with Crippen molar-refractivity contribution in [3.8, 4) is 28.6 Å². The minimum Gasteiger partial charge on any atom is -0.497 e. The molecule has 9 heteroatoms. The van der Waals surface area contributed by atoms with Crippen molar-refractivity contribution in [1.82, 2.24) is 24.6 Å². The maximum atomic E-state index is 13.1. The zero-order chi connectivity index (χ0) is 21.1. The van der Waals surface area contributed by atoms with Crippen LogP contribution in [0.4, 0.5) is 0 Å². The van der Waals surface area contributed by atoms with Gasteiger partial charge in [-0.25, -0.2) is 4.98 Å². The predicted molar refractivity (Wildman–Crippen MR) is 109 cm³/mol. The highest BCUT2D eigenvalue weighted by Gasteiger charge is 2.30. The van der Waals surface area contributed by atoms with Gasteiger partial charge in [-0.15, -0.1) is 0 Å². The summed E-state index contributed by atoms with van der Waals surface area (Å²) in [5, 5.41) is 4.53. The zero-order valence-corrected chi connectivity index (χ0v) is 17.1. The Morgan fingerprint density at radius 3 is 2.77 bits per heavy atom. The molecule has 3 aromatic rings. The van der Waals surface area contributed by atoms with Gasteiger partial charge in [0.15, 0.2) is 0 Å². The lowest BCUT2D eigenvalue weighted by Gasteiger charge is -2.16. The molecule has 2 aromatic heterocycles. The fourth-order valence-corrected chi connectivity index (χ4v) is 3.50. The van der Waals surface area contributed by atoms with Crippen LogP contribution in [-0.4, -0.2) is 64.0 Å². The smallest absolute Gasteiger partial charge is 0.272 e. The topological polar surface area (TPSA) is 91.6 Å². The molecule has 1 fully saturated rings. The van der Waals surface area contributed by atoms with Crippen LogP contribution >= 0.6 is 0 Å². The van der Waals surface area contributed by atoms with Gasteiger partial charge in [-0.1, -0.05) is 0 Å². The van der Waals surface area contributed by atoms with Crippen LogP contribution in [0.15, 0.2) is 42.9 Å². The average Bonchev–Trinajstić information content (AvgIpc) is 3.40. The van der Waals surface area contributed by atoms with Gasteiger partial charge in [-0.2, -0.15) is 5.10 Å². The molecular weight excluding hydrogens is 386 g/mol. The SMILES string of the molecule is COc1ccc(OC)c(-c2cc(C(=O)N3CCC(Oc4cnccn4)C3)n(C)n2)c1. The molecule has 3 heterocycles. The van der Waals surface area contributed by atoms with Crippen molar-refractivity contribution >= 4 is 5.91 Å². The number of carbonyl (C=O) groups excluding carboxylic acids is 1. The number of likely N-dealkylation sites (tertiary alicyclic amines) is 1. The Hall–Kier alpha value is -3.62. The molecular formula is C21H23N5O4. The second kappa shape index (κ2) is 8.40. The van der Waals surface area contributed by atoms with Gasteiger partial charge < -0.3 is 19.1 Å². The van der Waals surface area contributed by atoms with Gasteiger partial charge in [0, 0.05) is 38.0 Å². The lowest BCUT2D eigenvalue weighted by atomic mass is 10.1. The first-order chi connectivity index (χ1) is 14.6. The molecule has 0 bridgehead atoms. The summed E-state index contributed by atoms with van der Waals surface area (Å²) in [6.07, 6.45) is 5.36. The zero-order valence-electron chi connectivity index (χ0n) is 17.1. The Kier molecular flexibility index (Phi) is 5.51. The second-order valence-electron chi connectivity index (χ2n) is 6.93. The molecule has 1 atom stereocenters. The number of amides is 1. The predicted octanol–water partition coefficient (Wildman–Crippen LogP) is 2.19. The van der Waals surface area contributed by atoms with Crippen LogP contribution in [0.3, 0.4) is 0 Å². The van der Waals surface area contributed by atoms with E-state index in [4.69, 9.17) is 14.2 Å². The van der Waals surface area contributed by atoms with Crippen molar-refractivity contribution in [2.24, 2.45) is 7.05 Å². The van der Waals surface area contributed by atoms with Crippen LogP contribution in [0.2, 0.25) is 0 Å². The summed E-state index contributed by atoms with van der Waals surface area (Å²) in [5.74, 6) is 1.72. The molecule has 0 aliphatic carbocycles. The number of rotatable bonds is 6. The van der Waals surface area contributed by atoms with Crippen LogP contribution in [0.5, 0.6) is 17.4 Å². The van der Waals surface area contributed by atoms with Gasteiger partial charge in [0.2, 0.25) is 5.88 Å². The van der Waals surface area contributed by atoms with Crippen LogP contribution in [0.25, 0.3) is 11.3 Å². The minimum absolute atomic E-state index is 0.0941. The summed E-state index contributed by atoms with van der Waals surface area (Å²) >= 11 is 0. The van der Waals surface area contributed by atoms with E-state index in [1.807, 2.05) is 18.2 Å².